The van der Waals surface area contributed by atoms with Crippen LogP contribution in [0, 0.1) is 5.82 Å². The summed E-state index contributed by atoms with van der Waals surface area (Å²) < 4.78 is 16.5. The van der Waals surface area contributed by atoms with Gasteiger partial charge in [0.2, 0.25) is 0 Å². The zero-order valence-electron chi connectivity index (χ0n) is 16.5. The van der Waals surface area contributed by atoms with Crippen LogP contribution in [0.1, 0.15) is 12.8 Å². The minimum Gasteiger partial charge on any atom is -0.351 e. The van der Waals surface area contributed by atoms with Gasteiger partial charge in [-0.15, -0.1) is 0 Å². The number of benzene rings is 1. The van der Waals surface area contributed by atoms with E-state index in [0.717, 1.165) is 25.3 Å². The van der Waals surface area contributed by atoms with Gasteiger partial charge < -0.3 is 10.2 Å². The zero-order chi connectivity index (χ0) is 20.9. The summed E-state index contributed by atoms with van der Waals surface area (Å²) in [4.78, 5) is 20.4. The second-order valence-corrected chi connectivity index (χ2v) is 8.40. The fraction of sp³-hybridized carbons (Fsp3) is 0.273. The average Bonchev–Trinajstić information content (AvgIpc) is 3.20. The highest BCUT2D eigenvalue weighted by atomic mass is 35.5. The molecule has 2 bridgehead atoms. The van der Waals surface area contributed by atoms with Crippen molar-refractivity contribution in [3.05, 3.63) is 59.8 Å². The molecular formula is C22H19ClFN7. The Balaban J connectivity index is 1.57. The predicted molar refractivity (Wildman–Crippen MR) is 117 cm³/mol. The number of piperidine rings is 2. The standard InChI is InChI=1S/C22H19ClFN7/c23-13-1-4-17(24)16(9-13)21-28-18-5-6-20(30-11-14-2-3-15(30)10-26-14)29-22(18)31(21)19-7-8-25-12-27-19/h1,4-9,12,14-15,26H,2-3,10-11H2/t14-,15-/m1/s1. The number of nitrogens with one attached hydrogen (secondary N) is 1. The lowest BCUT2D eigenvalue weighted by atomic mass is 9.93. The molecule has 2 atom stereocenters. The molecule has 0 amide bonds. The average molecular weight is 436 g/mol. The van der Waals surface area contributed by atoms with Gasteiger partial charge in [0.1, 0.15) is 29.3 Å². The van der Waals surface area contributed by atoms with Crippen molar-refractivity contribution < 1.29 is 4.39 Å². The highest BCUT2D eigenvalue weighted by molar-refractivity contribution is 6.30. The predicted octanol–water partition coefficient (Wildman–Crippen LogP) is 3.61. The molecule has 1 N–H and O–H groups in total. The molecule has 3 fully saturated rings. The Labute approximate surface area is 182 Å². The van der Waals surface area contributed by atoms with Gasteiger partial charge in [-0.3, -0.25) is 4.57 Å². The van der Waals surface area contributed by atoms with Gasteiger partial charge in [0.25, 0.3) is 0 Å². The van der Waals surface area contributed by atoms with Crippen molar-refractivity contribution in [3.8, 4) is 17.2 Å². The monoisotopic (exact) mass is 435 g/mol. The maximum absolute atomic E-state index is 14.8. The Hall–Kier alpha value is -3.10. The van der Waals surface area contributed by atoms with E-state index in [9.17, 15) is 4.39 Å². The number of nitrogens with zero attached hydrogens (tertiary/aromatic N) is 6. The summed E-state index contributed by atoms with van der Waals surface area (Å²) in [5.74, 6) is 1.46. The van der Waals surface area contributed by atoms with Gasteiger partial charge in [0, 0.05) is 36.4 Å². The molecule has 9 heteroatoms. The van der Waals surface area contributed by atoms with Gasteiger partial charge in [-0.25, -0.2) is 24.3 Å². The van der Waals surface area contributed by atoms with Gasteiger partial charge in [0.05, 0.1) is 5.56 Å². The van der Waals surface area contributed by atoms with E-state index >= 15 is 0 Å². The van der Waals surface area contributed by atoms with Crippen LogP contribution < -0.4 is 10.2 Å². The van der Waals surface area contributed by atoms with Crippen molar-refractivity contribution in [2.75, 3.05) is 18.0 Å². The first-order chi connectivity index (χ1) is 15.2. The van der Waals surface area contributed by atoms with E-state index in [1.165, 1.54) is 24.9 Å². The van der Waals surface area contributed by atoms with Crippen LogP contribution >= 0.6 is 11.6 Å². The number of hydrogen-bond acceptors (Lipinski definition) is 6. The molecule has 0 spiro atoms. The molecule has 6 heterocycles. The van der Waals surface area contributed by atoms with Crippen LogP contribution in [0.4, 0.5) is 10.2 Å². The third-order valence-corrected chi connectivity index (χ3v) is 6.33. The molecule has 3 aliphatic heterocycles. The van der Waals surface area contributed by atoms with Gasteiger partial charge in [-0.1, -0.05) is 11.6 Å². The fourth-order valence-corrected chi connectivity index (χ4v) is 4.75. The second kappa shape index (κ2) is 7.25. The number of fused-ring (bicyclic) bond motifs is 4. The van der Waals surface area contributed by atoms with Crippen LogP contribution in [0.5, 0.6) is 0 Å². The quantitative estimate of drug-likeness (QED) is 0.530. The lowest BCUT2D eigenvalue weighted by molar-refractivity contribution is 0.289. The van der Waals surface area contributed by atoms with Crippen molar-refractivity contribution >= 4 is 28.6 Å². The normalized spacial score (nSPS) is 20.5. The molecule has 0 aliphatic carbocycles. The number of anilines is 1. The zero-order valence-corrected chi connectivity index (χ0v) is 17.3. The van der Waals surface area contributed by atoms with E-state index < -0.39 is 5.82 Å². The maximum Gasteiger partial charge on any atom is 0.168 e. The first-order valence-electron chi connectivity index (χ1n) is 10.3. The molecule has 0 unspecified atom stereocenters. The van der Waals surface area contributed by atoms with Gasteiger partial charge in [-0.05, 0) is 49.2 Å². The topological polar surface area (TPSA) is 71.8 Å². The largest absolute Gasteiger partial charge is 0.351 e. The molecule has 1 aromatic carbocycles. The summed E-state index contributed by atoms with van der Waals surface area (Å²) in [5, 5.41) is 4.01. The minimum atomic E-state index is -0.408. The van der Waals surface area contributed by atoms with Crippen LogP contribution in [0.25, 0.3) is 28.4 Å². The molecule has 31 heavy (non-hydrogen) atoms. The van der Waals surface area contributed by atoms with Crippen molar-refractivity contribution in [1.29, 1.82) is 0 Å². The first-order valence-corrected chi connectivity index (χ1v) is 10.7. The summed E-state index contributed by atoms with van der Waals surface area (Å²) in [5.41, 5.74) is 1.59. The Morgan fingerprint density at radius 2 is 2.00 bits per heavy atom. The molecule has 4 aromatic rings. The number of rotatable bonds is 3. The third-order valence-electron chi connectivity index (χ3n) is 6.10. The van der Waals surface area contributed by atoms with Crippen LogP contribution in [0.3, 0.4) is 0 Å². The van der Waals surface area contributed by atoms with Crippen molar-refractivity contribution in [2.24, 2.45) is 0 Å². The molecule has 0 saturated carbocycles. The maximum atomic E-state index is 14.8. The van der Waals surface area contributed by atoms with Crippen LogP contribution in [-0.2, 0) is 0 Å². The lowest BCUT2D eigenvalue weighted by Crippen LogP contribution is -2.61. The highest BCUT2D eigenvalue weighted by Crippen LogP contribution is 2.33. The Bertz CT molecular complexity index is 1270. The summed E-state index contributed by atoms with van der Waals surface area (Å²) in [7, 11) is 0. The molecule has 7 rings (SSSR count). The Kier molecular flexibility index (Phi) is 4.36. The number of piperazine rings is 1. The van der Waals surface area contributed by atoms with Crippen molar-refractivity contribution in [2.45, 2.75) is 24.9 Å². The fourth-order valence-electron chi connectivity index (χ4n) is 4.58. The second-order valence-electron chi connectivity index (χ2n) is 7.96. The Morgan fingerprint density at radius 3 is 2.74 bits per heavy atom. The number of pyridine rings is 1. The van der Waals surface area contributed by atoms with Crippen LogP contribution in [-0.4, -0.2) is 49.7 Å². The van der Waals surface area contributed by atoms with E-state index in [-0.39, 0.29) is 0 Å². The molecule has 7 nitrogen and oxygen atoms in total. The highest BCUT2D eigenvalue weighted by Gasteiger charge is 2.34. The summed E-state index contributed by atoms with van der Waals surface area (Å²) in [6, 6.07) is 11.1. The molecule has 3 aliphatic rings. The SMILES string of the molecule is Fc1ccc(Cl)cc1-c1nc2ccc(N3C[C@H]4CC[C@@H]3CN4)nc2n1-c1ccncn1. The smallest absolute Gasteiger partial charge is 0.168 e. The minimum absolute atomic E-state index is 0.298. The summed E-state index contributed by atoms with van der Waals surface area (Å²) in [6.07, 6.45) is 5.45. The van der Waals surface area contributed by atoms with Gasteiger partial charge >= 0.3 is 0 Å². The number of aromatic nitrogens is 5. The van der Waals surface area contributed by atoms with E-state index in [2.05, 4.69) is 20.2 Å². The molecule has 3 aromatic heterocycles. The molecule has 0 radical (unpaired) electrons. The lowest BCUT2D eigenvalue weighted by Gasteiger charge is -2.46. The van der Waals surface area contributed by atoms with Crippen molar-refractivity contribution in [1.82, 2.24) is 29.8 Å². The molecule has 156 valence electrons. The number of hydrogen-bond donors (Lipinski definition) is 1. The van der Waals surface area contributed by atoms with Crippen molar-refractivity contribution in [3.63, 3.8) is 0 Å². The van der Waals surface area contributed by atoms with E-state index in [4.69, 9.17) is 21.6 Å². The first kappa shape index (κ1) is 18.7. The summed E-state index contributed by atoms with van der Waals surface area (Å²) >= 11 is 6.17. The van der Waals surface area contributed by atoms with Gasteiger partial charge in [0.15, 0.2) is 11.5 Å². The molecular weight excluding hydrogens is 417 g/mol. The third kappa shape index (κ3) is 3.14. The summed E-state index contributed by atoms with van der Waals surface area (Å²) in [6.45, 7) is 1.90. The van der Waals surface area contributed by atoms with E-state index in [1.54, 1.807) is 22.9 Å². The van der Waals surface area contributed by atoms with Crippen LogP contribution in [0.2, 0.25) is 5.02 Å². The Morgan fingerprint density at radius 1 is 1.06 bits per heavy atom. The van der Waals surface area contributed by atoms with E-state index in [1.807, 2.05) is 12.1 Å². The van der Waals surface area contributed by atoms with E-state index in [0.29, 0.717) is 45.5 Å². The van der Waals surface area contributed by atoms with Gasteiger partial charge in [-0.2, -0.15) is 0 Å². The number of halogens is 2. The number of imidazole rings is 1. The molecule has 3 saturated heterocycles. The van der Waals surface area contributed by atoms with Crippen LogP contribution in [0.15, 0.2) is 48.9 Å².